The molecule has 0 saturated heterocycles. The van der Waals surface area contributed by atoms with E-state index in [1.165, 1.54) is 19.3 Å². The van der Waals surface area contributed by atoms with E-state index in [2.05, 4.69) is 31.0 Å². The smallest absolute Gasteiger partial charge is 0.323 e. The Balaban J connectivity index is 4.10. The first-order valence-corrected chi connectivity index (χ1v) is 8.59. The Morgan fingerprint density at radius 3 is 2.14 bits per heavy atom. The fourth-order valence-corrected chi connectivity index (χ4v) is 2.65. The summed E-state index contributed by atoms with van der Waals surface area (Å²) in [5.41, 5.74) is -0.778. The van der Waals surface area contributed by atoms with Gasteiger partial charge < -0.3 is 15.3 Å². The molecule has 0 aliphatic rings. The van der Waals surface area contributed by atoms with Crippen molar-refractivity contribution in [1.82, 2.24) is 10.2 Å². The topological polar surface area (TPSA) is 52.6 Å². The van der Waals surface area contributed by atoms with Crippen LogP contribution in [0, 0.1) is 0 Å². The van der Waals surface area contributed by atoms with Gasteiger partial charge in [-0.05, 0) is 66.1 Å². The first-order valence-electron chi connectivity index (χ1n) is 8.59. The van der Waals surface area contributed by atoms with E-state index >= 15 is 0 Å². The number of nitrogens with one attached hydrogen (secondary N) is 1. The minimum absolute atomic E-state index is 0.571. The zero-order valence-electron chi connectivity index (χ0n) is 14.7. The SMILES string of the molecule is CCCCCN(CCCCC(C)(NCC)C(=O)O)C(C)C. The molecule has 0 fully saturated rings. The third-order valence-electron chi connectivity index (χ3n) is 4.19. The van der Waals surface area contributed by atoms with Crippen LogP contribution in [-0.2, 0) is 4.79 Å². The molecule has 0 aliphatic heterocycles. The molecular formula is C17H36N2O2. The highest BCUT2D eigenvalue weighted by molar-refractivity contribution is 5.78. The van der Waals surface area contributed by atoms with Gasteiger partial charge in [-0.3, -0.25) is 4.79 Å². The normalized spacial score (nSPS) is 14.6. The zero-order valence-corrected chi connectivity index (χ0v) is 14.7. The Kier molecular flexibility index (Phi) is 10.7. The Labute approximate surface area is 131 Å². The average molecular weight is 300 g/mol. The van der Waals surface area contributed by atoms with Crippen LogP contribution in [0.15, 0.2) is 0 Å². The van der Waals surface area contributed by atoms with E-state index in [9.17, 15) is 9.90 Å². The summed E-state index contributed by atoms with van der Waals surface area (Å²) < 4.78 is 0. The van der Waals surface area contributed by atoms with Gasteiger partial charge >= 0.3 is 5.97 Å². The molecule has 0 radical (unpaired) electrons. The number of carbonyl (C=O) groups is 1. The molecule has 126 valence electrons. The molecule has 0 spiro atoms. The van der Waals surface area contributed by atoms with Gasteiger partial charge in [0.15, 0.2) is 0 Å². The van der Waals surface area contributed by atoms with Crippen LogP contribution in [0.3, 0.4) is 0 Å². The number of unbranched alkanes of at least 4 members (excludes halogenated alkanes) is 3. The van der Waals surface area contributed by atoms with Gasteiger partial charge in [0.1, 0.15) is 5.54 Å². The first-order chi connectivity index (χ1) is 9.87. The quantitative estimate of drug-likeness (QED) is 0.511. The third-order valence-corrected chi connectivity index (χ3v) is 4.19. The summed E-state index contributed by atoms with van der Waals surface area (Å²) in [5, 5.41) is 12.4. The molecule has 0 heterocycles. The maximum atomic E-state index is 11.3. The molecule has 0 amide bonds. The third kappa shape index (κ3) is 8.42. The number of hydrogen-bond donors (Lipinski definition) is 2. The Morgan fingerprint density at radius 1 is 1.14 bits per heavy atom. The van der Waals surface area contributed by atoms with Gasteiger partial charge in [0.25, 0.3) is 0 Å². The second-order valence-corrected chi connectivity index (χ2v) is 6.46. The summed E-state index contributed by atoms with van der Waals surface area (Å²) in [7, 11) is 0. The molecule has 2 N–H and O–H groups in total. The van der Waals surface area contributed by atoms with Crippen molar-refractivity contribution in [3.8, 4) is 0 Å². The lowest BCUT2D eigenvalue weighted by Gasteiger charge is -2.28. The Morgan fingerprint density at radius 2 is 1.71 bits per heavy atom. The largest absolute Gasteiger partial charge is 0.480 e. The van der Waals surface area contributed by atoms with Crippen LogP contribution in [0.5, 0.6) is 0 Å². The summed E-state index contributed by atoms with van der Waals surface area (Å²) in [4.78, 5) is 13.9. The van der Waals surface area contributed by atoms with E-state index in [0.717, 1.165) is 25.9 Å². The predicted octanol–water partition coefficient (Wildman–Crippen LogP) is 3.51. The Hall–Kier alpha value is -0.610. The van der Waals surface area contributed by atoms with E-state index < -0.39 is 11.5 Å². The van der Waals surface area contributed by atoms with Gasteiger partial charge in [0, 0.05) is 6.04 Å². The number of nitrogens with zero attached hydrogens (tertiary/aromatic N) is 1. The summed E-state index contributed by atoms with van der Waals surface area (Å²) in [6.45, 7) is 13.4. The lowest BCUT2D eigenvalue weighted by atomic mass is 9.94. The summed E-state index contributed by atoms with van der Waals surface area (Å²) >= 11 is 0. The zero-order chi connectivity index (χ0) is 16.3. The highest BCUT2D eigenvalue weighted by atomic mass is 16.4. The first kappa shape index (κ1) is 20.4. The van der Waals surface area contributed by atoms with Crippen molar-refractivity contribution in [2.45, 2.75) is 84.7 Å². The fourth-order valence-electron chi connectivity index (χ4n) is 2.65. The van der Waals surface area contributed by atoms with E-state index in [0.29, 0.717) is 19.0 Å². The van der Waals surface area contributed by atoms with Crippen LogP contribution in [-0.4, -0.2) is 47.2 Å². The standard InChI is InChI=1S/C17H36N2O2/c1-6-8-10-13-19(15(3)4)14-11-9-12-17(5,16(20)21)18-7-2/h15,18H,6-14H2,1-5H3,(H,20,21). The molecular weight excluding hydrogens is 264 g/mol. The summed E-state index contributed by atoms with van der Waals surface area (Å²) in [6, 6.07) is 0.571. The van der Waals surface area contributed by atoms with Gasteiger partial charge in [-0.2, -0.15) is 0 Å². The minimum atomic E-state index is -0.778. The highest BCUT2D eigenvalue weighted by Crippen LogP contribution is 2.15. The van der Waals surface area contributed by atoms with Crippen molar-refractivity contribution in [3.05, 3.63) is 0 Å². The lowest BCUT2D eigenvalue weighted by molar-refractivity contribution is -0.144. The van der Waals surface area contributed by atoms with Gasteiger partial charge in [-0.15, -0.1) is 0 Å². The molecule has 0 rings (SSSR count). The van der Waals surface area contributed by atoms with Crippen LogP contribution >= 0.6 is 0 Å². The number of likely N-dealkylation sites (N-methyl/N-ethyl adjacent to an activating group) is 1. The van der Waals surface area contributed by atoms with Gasteiger partial charge in [0.2, 0.25) is 0 Å². The Bertz CT molecular complexity index is 282. The highest BCUT2D eigenvalue weighted by Gasteiger charge is 2.31. The average Bonchev–Trinajstić information content (AvgIpc) is 2.41. The van der Waals surface area contributed by atoms with Crippen LogP contribution in [0.4, 0.5) is 0 Å². The maximum Gasteiger partial charge on any atom is 0.323 e. The van der Waals surface area contributed by atoms with E-state index in [4.69, 9.17) is 0 Å². The predicted molar refractivity (Wildman–Crippen MR) is 89.8 cm³/mol. The molecule has 0 aromatic heterocycles. The number of aliphatic carboxylic acids is 1. The summed E-state index contributed by atoms with van der Waals surface area (Å²) in [5.74, 6) is -0.743. The molecule has 4 heteroatoms. The molecule has 4 nitrogen and oxygen atoms in total. The van der Waals surface area contributed by atoms with E-state index in [-0.39, 0.29) is 0 Å². The van der Waals surface area contributed by atoms with Gasteiger partial charge in [-0.25, -0.2) is 0 Å². The van der Waals surface area contributed by atoms with Crippen LogP contribution in [0.2, 0.25) is 0 Å². The minimum Gasteiger partial charge on any atom is -0.480 e. The van der Waals surface area contributed by atoms with E-state index in [1.54, 1.807) is 6.92 Å². The summed E-state index contributed by atoms with van der Waals surface area (Å²) in [6.07, 6.45) is 6.52. The molecule has 0 aromatic carbocycles. The van der Waals surface area contributed by atoms with Crippen LogP contribution in [0.1, 0.15) is 73.1 Å². The van der Waals surface area contributed by atoms with Crippen molar-refractivity contribution in [1.29, 1.82) is 0 Å². The van der Waals surface area contributed by atoms with Crippen LogP contribution < -0.4 is 5.32 Å². The molecule has 0 bridgehead atoms. The number of carboxylic acid groups (broad SMARTS) is 1. The van der Waals surface area contributed by atoms with Gasteiger partial charge in [0.05, 0.1) is 0 Å². The monoisotopic (exact) mass is 300 g/mol. The van der Waals surface area contributed by atoms with Crippen molar-refractivity contribution in [2.75, 3.05) is 19.6 Å². The number of hydrogen-bond acceptors (Lipinski definition) is 3. The number of rotatable bonds is 13. The number of carboxylic acids is 1. The second-order valence-electron chi connectivity index (χ2n) is 6.46. The molecule has 0 aliphatic carbocycles. The lowest BCUT2D eigenvalue weighted by Crippen LogP contribution is -2.49. The van der Waals surface area contributed by atoms with Crippen molar-refractivity contribution >= 4 is 5.97 Å². The van der Waals surface area contributed by atoms with Gasteiger partial charge in [-0.1, -0.05) is 26.7 Å². The molecule has 1 atom stereocenters. The van der Waals surface area contributed by atoms with E-state index in [1.807, 2.05) is 6.92 Å². The second kappa shape index (κ2) is 11.0. The van der Waals surface area contributed by atoms with Crippen molar-refractivity contribution < 1.29 is 9.90 Å². The van der Waals surface area contributed by atoms with Crippen molar-refractivity contribution in [2.24, 2.45) is 0 Å². The molecule has 0 saturated carbocycles. The molecule has 21 heavy (non-hydrogen) atoms. The van der Waals surface area contributed by atoms with Crippen LogP contribution in [0.25, 0.3) is 0 Å². The molecule has 1 unspecified atom stereocenters. The molecule has 0 aromatic rings. The fraction of sp³-hybridized carbons (Fsp3) is 0.941. The maximum absolute atomic E-state index is 11.3. The van der Waals surface area contributed by atoms with Crippen molar-refractivity contribution in [3.63, 3.8) is 0 Å².